The lowest BCUT2D eigenvalue weighted by atomic mass is 10.2. The second kappa shape index (κ2) is 13.6. The van der Waals surface area contributed by atoms with E-state index in [0.717, 1.165) is 17.3 Å². The Morgan fingerprint density at radius 2 is 1.82 bits per heavy atom. The first-order valence-corrected chi connectivity index (χ1v) is 12.9. The number of hydrogen-bond donors (Lipinski definition) is 1. The molecular weight excluding hydrogens is 569 g/mol. The van der Waals surface area contributed by atoms with Crippen molar-refractivity contribution >= 4 is 52.8 Å². The number of para-hydroxylation sites is 1. The Balaban J connectivity index is 1.22. The minimum Gasteiger partial charge on any atom is -0.488 e. The molecule has 0 radical (unpaired) electrons. The van der Waals surface area contributed by atoms with Crippen LogP contribution in [0.15, 0.2) is 81.5 Å². The molecule has 39 heavy (non-hydrogen) atoms. The van der Waals surface area contributed by atoms with Gasteiger partial charge < -0.3 is 13.9 Å². The van der Waals surface area contributed by atoms with Crippen LogP contribution in [-0.2, 0) is 18.0 Å². The van der Waals surface area contributed by atoms with Gasteiger partial charge in [-0.05, 0) is 48.0 Å². The maximum absolute atomic E-state index is 12.2. The Morgan fingerprint density at radius 1 is 1.05 bits per heavy atom. The molecule has 14 heteroatoms. The molecule has 0 spiro atoms. The molecule has 1 N–H and O–H groups in total. The summed E-state index contributed by atoms with van der Waals surface area (Å²) in [6.07, 6.45) is 1.46. The van der Waals surface area contributed by atoms with Crippen LogP contribution >= 0.6 is 35.0 Å². The van der Waals surface area contributed by atoms with E-state index in [1.807, 2.05) is 0 Å². The summed E-state index contributed by atoms with van der Waals surface area (Å²) in [6, 6.07) is 18.0. The predicted molar refractivity (Wildman–Crippen MR) is 145 cm³/mol. The number of thioether (sulfide) groups is 1. The molecule has 1 aromatic heterocycles. The molecule has 4 aromatic rings. The molecule has 0 fully saturated rings. The summed E-state index contributed by atoms with van der Waals surface area (Å²) in [5, 5.41) is 23.6. The maximum atomic E-state index is 12.2. The SMILES string of the molecule is O=C(CSc1nnc(COc2ccc(Cl)cc2Cl)o1)N/N=C\c1ccccc1OCc1ccc([N+](=O)[O-])cc1. The Morgan fingerprint density at radius 3 is 2.59 bits per heavy atom. The Labute approximate surface area is 236 Å². The van der Waals surface area contributed by atoms with Gasteiger partial charge in [0, 0.05) is 22.7 Å². The van der Waals surface area contributed by atoms with Crippen molar-refractivity contribution in [3.63, 3.8) is 0 Å². The van der Waals surface area contributed by atoms with Crippen molar-refractivity contribution in [3.8, 4) is 11.5 Å². The van der Waals surface area contributed by atoms with Crippen LogP contribution in [0.5, 0.6) is 11.5 Å². The number of carbonyl (C=O) groups excluding carboxylic acids is 1. The molecule has 0 aliphatic heterocycles. The van der Waals surface area contributed by atoms with Gasteiger partial charge in [0.05, 0.1) is 21.9 Å². The molecule has 1 amide bonds. The first-order valence-electron chi connectivity index (χ1n) is 11.2. The van der Waals surface area contributed by atoms with Crippen LogP contribution in [-0.4, -0.2) is 33.0 Å². The summed E-state index contributed by atoms with van der Waals surface area (Å²) in [4.78, 5) is 22.5. The number of benzene rings is 3. The number of halogens is 2. The van der Waals surface area contributed by atoms with Gasteiger partial charge in [-0.15, -0.1) is 10.2 Å². The first-order chi connectivity index (χ1) is 18.9. The van der Waals surface area contributed by atoms with E-state index in [-0.39, 0.29) is 41.7 Å². The van der Waals surface area contributed by atoms with Gasteiger partial charge in [0.15, 0.2) is 6.61 Å². The lowest BCUT2D eigenvalue weighted by molar-refractivity contribution is -0.384. The largest absolute Gasteiger partial charge is 0.488 e. The van der Waals surface area contributed by atoms with E-state index in [1.54, 1.807) is 54.6 Å². The van der Waals surface area contributed by atoms with E-state index in [0.29, 0.717) is 27.1 Å². The molecule has 3 aromatic carbocycles. The number of aromatic nitrogens is 2. The summed E-state index contributed by atoms with van der Waals surface area (Å²) in [7, 11) is 0. The van der Waals surface area contributed by atoms with Crippen LogP contribution in [0, 0.1) is 10.1 Å². The summed E-state index contributed by atoms with van der Waals surface area (Å²) < 4.78 is 16.8. The monoisotopic (exact) mass is 587 g/mol. The molecule has 0 aliphatic carbocycles. The van der Waals surface area contributed by atoms with Crippen molar-refractivity contribution in [2.24, 2.45) is 5.10 Å². The van der Waals surface area contributed by atoms with Crippen molar-refractivity contribution in [1.29, 1.82) is 0 Å². The lowest BCUT2D eigenvalue weighted by Crippen LogP contribution is -2.19. The van der Waals surface area contributed by atoms with E-state index < -0.39 is 4.92 Å². The third-order valence-electron chi connectivity index (χ3n) is 4.87. The molecule has 0 saturated heterocycles. The van der Waals surface area contributed by atoms with E-state index in [1.165, 1.54) is 18.3 Å². The molecule has 1 heterocycles. The molecule has 0 atom stereocenters. The summed E-state index contributed by atoms with van der Waals surface area (Å²) in [5.41, 5.74) is 3.84. The van der Waals surface area contributed by atoms with Gasteiger partial charge in [0.25, 0.3) is 22.7 Å². The predicted octanol–water partition coefficient (Wildman–Crippen LogP) is 5.69. The Bertz CT molecular complexity index is 1480. The molecule has 0 saturated carbocycles. The number of nitro groups is 1. The Kier molecular flexibility index (Phi) is 9.73. The molecule has 200 valence electrons. The molecular formula is C25H19Cl2N5O6S. The third-order valence-corrected chi connectivity index (χ3v) is 6.22. The molecule has 11 nitrogen and oxygen atoms in total. The van der Waals surface area contributed by atoms with Gasteiger partial charge in [0.2, 0.25) is 0 Å². The van der Waals surface area contributed by atoms with E-state index in [4.69, 9.17) is 37.1 Å². The highest BCUT2D eigenvalue weighted by Gasteiger charge is 2.11. The second-order valence-electron chi connectivity index (χ2n) is 7.66. The minimum absolute atomic E-state index is 0.00290. The smallest absolute Gasteiger partial charge is 0.277 e. The van der Waals surface area contributed by atoms with Gasteiger partial charge in [-0.25, -0.2) is 5.43 Å². The van der Waals surface area contributed by atoms with Gasteiger partial charge in [-0.3, -0.25) is 14.9 Å². The number of hydrogen-bond acceptors (Lipinski definition) is 10. The standard InChI is InChI=1S/C25H19Cl2N5O6S/c26-18-7-10-22(20(27)11-18)37-14-24-30-31-25(38-24)39-15-23(33)29-28-12-17-3-1-2-4-21(17)36-13-16-5-8-19(9-6-16)32(34)35/h1-12H,13-15H2,(H,29,33)/b28-12-. The van der Waals surface area contributed by atoms with Crippen molar-refractivity contribution in [3.05, 3.63) is 104 Å². The average molecular weight is 588 g/mol. The maximum Gasteiger partial charge on any atom is 0.277 e. The number of ether oxygens (including phenoxy) is 2. The highest BCUT2D eigenvalue weighted by molar-refractivity contribution is 7.99. The van der Waals surface area contributed by atoms with Crippen LogP contribution in [0.3, 0.4) is 0 Å². The first kappa shape index (κ1) is 27.9. The van der Waals surface area contributed by atoms with Crippen LogP contribution in [0.25, 0.3) is 0 Å². The number of nitrogens with zero attached hydrogens (tertiary/aromatic N) is 4. The van der Waals surface area contributed by atoms with Crippen LogP contribution in [0.4, 0.5) is 5.69 Å². The molecule has 0 bridgehead atoms. The summed E-state index contributed by atoms with van der Waals surface area (Å²) in [5.74, 6) is 0.769. The van der Waals surface area contributed by atoms with Crippen molar-refractivity contribution < 1.29 is 23.6 Å². The molecule has 4 rings (SSSR count). The topological polar surface area (TPSA) is 142 Å². The average Bonchev–Trinajstić information content (AvgIpc) is 3.39. The minimum atomic E-state index is -0.460. The zero-order chi connectivity index (χ0) is 27.6. The zero-order valence-corrected chi connectivity index (χ0v) is 22.3. The summed E-state index contributed by atoms with van der Waals surface area (Å²) in [6.45, 7) is 0.201. The number of hydrazone groups is 1. The number of nitro benzene ring substituents is 1. The zero-order valence-electron chi connectivity index (χ0n) is 20.0. The number of rotatable bonds is 12. The van der Waals surface area contributed by atoms with E-state index in [9.17, 15) is 14.9 Å². The van der Waals surface area contributed by atoms with E-state index >= 15 is 0 Å². The van der Waals surface area contributed by atoms with Gasteiger partial charge in [-0.2, -0.15) is 5.10 Å². The van der Waals surface area contributed by atoms with Crippen LogP contribution in [0.2, 0.25) is 10.0 Å². The van der Waals surface area contributed by atoms with Crippen LogP contribution < -0.4 is 14.9 Å². The highest BCUT2D eigenvalue weighted by Crippen LogP contribution is 2.28. The van der Waals surface area contributed by atoms with Gasteiger partial charge in [-0.1, -0.05) is 47.1 Å². The molecule has 0 unspecified atom stereocenters. The molecule has 0 aliphatic rings. The normalized spacial score (nSPS) is 10.9. The fraction of sp³-hybridized carbons (Fsp3) is 0.120. The number of carbonyl (C=O) groups is 1. The second-order valence-corrected chi connectivity index (χ2v) is 9.43. The fourth-order valence-corrected chi connectivity index (χ4v) is 4.05. The van der Waals surface area contributed by atoms with Crippen LogP contribution in [0.1, 0.15) is 17.0 Å². The third kappa shape index (κ3) is 8.43. The van der Waals surface area contributed by atoms with Gasteiger partial charge >= 0.3 is 0 Å². The fourth-order valence-electron chi connectivity index (χ4n) is 3.01. The van der Waals surface area contributed by atoms with Crippen molar-refractivity contribution in [2.75, 3.05) is 5.75 Å². The van der Waals surface area contributed by atoms with Crippen molar-refractivity contribution in [2.45, 2.75) is 18.4 Å². The van der Waals surface area contributed by atoms with Gasteiger partial charge in [0.1, 0.15) is 18.1 Å². The number of amides is 1. The van der Waals surface area contributed by atoms with E-state index in [2.05, 4.69) is 20.7 Å². The Hall–Kier alpha value is -4.13. The number of nitrogens with one attached hydrogen (secondary N) is 1. The lowest BCUT2D eigenvalue weighted by Gasteiger charge is -2.09. The number of non-ortho nitro benzene ring substituents is 1. The van der Waals surface area contributed by atoms with Crippen molar-refractivity contribution in [1.82, 2.24) is 15.6 Å². The highest BCUT2D eigenvalue weighted by atomic mass is 35.5. The summed E-state index contributed by atoms with van der Waals surface area (Å²) >= 11 is 13.0. The quantitative estimate of drug-likeness (QED) is 0.0957.